The zero-order valence-corrected chi connectivity index (χ0v) is 7.30. The Morgan fingerprint density at radius 3 is 1.56 bits per heavy atom. The van der Waals surface area contributed by atoms with Crippen LogP contribution in [0.2, 0.25) is 0 Å². The summed E-state index contributed by atoms with van der Waals surface area (Å²) in [5.41, 5.74) is 0. The summed E-state index contributed by atoms with van der Waals surface area (Å²) in [5.74, 6) is 0. The molecule has 0 radical (unpaired) electrons. The Morgan fingerprint density at radius 2 is 1.31 bits per heavy atom. The first-order chi connectivity index (χ1) is 6.87. The zero-order chi connectivity index (χ0) is 13.2. The monoisotopic (exact) mass is 264 g/mol. The fourth-order valence-electron chi connectivity index (χ4n) is 0.669. The van der Waals surface area contributed by atoms with Gasteiger partial charge in [-0.25, -0.2) is 4.39 Å². The van der Waals surface area contributed by atoms with Crippen molar-refractivity contribution in [1.29, 1.82) is 0 Å². The van der Waals surface area contributed by atoms with Crippen molar-refractivity contribution in [1.82, 2.24) is 0 Å². The minimum Gasteiger partial charge on any atom is -0.304 e. The number of hydrogen-bond acceptors (Lipinski definition) is 1. The average molecular weight is 264 g/mol. The first kappa shape index (κ1) is 15.3. The Balaban J connectivity index is 4.56. The molecule has 10 heteroatoms. The maximum atomic E-state index is 12.3. The maximum absolute atomic E-state index is 12.3. The molecule has 0 saturated carbocycles. The first-order valence-corrected chi connectivity index (χ1v) is 3.62. The number of ether oxygens (including phenoxy) is 1. The van der Waals surface area contributed by atoms with Crippen LogP contribution in [-0.4, -0.2) is 31.2 Å². The Labute approximate surface area is 83.2 Å². The molecule has 16 heavy (non-hydrogen) atoms. The minimum absolute atomic E-state index is 2.39. The van der Waals surface area contributed by atoms with Crippen LogP contribution in [-0.2, 0) is 4.74 Å². The van der Waals surface area contributed by atoms with Crippen molar-refractivity contribution in [3.05, 3.63) is 0 Å². The van der Waals surface area contributed by atoms with E-state index in [1.54, 1.807) is 0 Å². The highest BCUT2D eigenvalue weighted by molar-refractivity contribution is 4.71. The van der Waals surface area contributed by atoms with Crippen LogP contribution >= 0.6 is 0 Å². The van der Waals surface area contributed by atoms with Crippen LogP contribution in [0.1, 0.15) is 6.42 Å². The number of hydrogen-bond donors (Lipinski definition) is 0. The van der Waals surface area contributed by atoms with Crippen LogP contribution in [0.5, 0.6) is 0 Å². The van der Waals surface area contributed by atoms with E-state index in [4.69, 9.17) is 0 Å². The Kier molecular flexibility index (Phi) is 4.48. The molecule has 0 N–H and O–H groups in total. The van der Waals surface area contributed by atoms with Crippen molar-refractivity contribution in [2.45, 2.75) is 31.0 Å². The zero-order valence-electron chi connectivity index (χ0n) is 7.30. The molecular weight excluding hydrogens is 259 g/mol. The van der Waals surface area contributed by atoms with Gasteiger partial charge >= 0.3 is 18.5 Å². The van der Waals surface area contributed by atoms with Crippen LogP contribution in [0.3, 0.4) is 0 Å². The lowest BCUT2D eigenvalue weighted by Crippen LogP contribution is -2.41. The maximum Gasteiger partial charge on any atom is 0.417 e. The summed E-state index contributed by atoms with van der Waals surface area (Å²) in [5, 5.41) is 0. The Bertz CT molecular complexity index is 217. The average Bonchev–Trinajstić information content (AvgIpc) is 1.93. The van der Waals surface area contributed by atoms with Crippen molar-refractivity contribution < 1.29 is 44.3 Å². The van der Waals surface area contributed by atoms with Gasteiger partial charge in [0, 0.05) is 0 Å². The molecule has 0 aromatic rings. The Morgan fingerprint density at radius 1 is 0.875 bits per heavy atom. The lowest BCUT2D eigenvalue weighted by Gasteiger charge is -2.24. The van der Waals surface area contributed by atoms with Gasteiger partial charge in [0.1, 0.15) is 13.1 Å². The van der Waals surface area contributed by atoms with Gasteiger partial charge in [0.15, 0.2) is 6.10 Å². The van der Waals surface area contributed by atoms with Crippen LogP contribution in [0.25, 0.3) is 0 Å². The van der Waals surface area contributed by atoms with Crippen LogP contribution in [0.15, 0.2) is 0 Å². The molecule has 98 valence electrons. The van der Waals surface area contributed by atoms with E-state index in [9.17, 15) is 39.5 Å². The lowest BCUT2D eigenvalue weighted by molar-refractivity contribution is -0.350. The summed E-state index contributed by atoms with van der Waals surface area (Å²) in [6.07, 6.45) is -22.5. The van der Waals surface area contributed by atoms with Crippen LogP contribution < -0.4 is 0 Å². The molecule has 0 spiro atoms. The smallest absolute Gasteiger partial charge is 0.304 e. The highest BCUT2D eigenvalue weighted by Crippen LogP contribution is 2.36. The molecule has 0 amide bonds. The molecule has 1 atom stereocenters. The first-order valence-electron chi connectivity index (χ1n) is 3.62. The molecule has 0 aromatic heterocycles. The van der Waals surface area contributed by atoms with Gasteiger partial charge in [-0.3, -0.25) is 0 Å². The van der Waals surface area contributed by atoms with Gasteiger partial charge in [0.2, 0.25) is 0 Å². The van der Waals surface area contributed by atoms with Crippen molar-refractivity contribution in [3.63, 3.8) is 0 Å². The summed E-state index contributed by atoms with van der Waals surface area (Å²) < 4.78 is 109. The number of alkyl halides is 9. The number of halogens is 9. The van der Waals surface area contributed by atoms with Gasteiger partial charge in [-0.2, -0.15) is 35.1 Å². The van der Waals surface area contributed by atoms with Gasteiger partial charge in [-0.15, -0.1) is 0 Å². The molecule has 0 saturated heterocycles. The fourth-order valence-corrected chi connectivity index (χ4v) is 0.669. The van der Waals surface area contributed by atoms with Gasteiger partial charge in [0.25, 0.3) is 0 Å². The molecule has 0 aliphatic heterocycles. The second-order valence-electron chi connectivity index (χ2n) is 2.73. The fraction of sp³-hybridized carbons (Fsp3) is 1.00. The summed E-state index contributed by atoms with van der Waals surface area (Å²) in [4.78, 5) is 0. The lowest BCUT2D eigenvalue weighted by atomic mass is 10.3. The van der Waals surface area contributed by atoms with E-state index < -0.39 is 37.7 Å². The second kappa shape index (κ2) is 4.68. The summed E-state index contributed by atoms with van der Waals surface area (Å²) in [6.45, 7) is -2.39. The van der Waals surface area contributed by atoms with Crippen LogP contribution in [0.4, 0.5) is 39.5 Å². The largest absolute Gasteiger partial charge is 0.417 e. The molecule has 0 aliphatic rings. The normalized spacial score (nSPS) is 16.3. The molecule has 0 rings (SSSR count). The Hall–Kier alpha value is -0.670. The quantitative estimate of drug-likeness (QED) is 0.706. The van der Waals surface area contributed by atoms with E-state index in [0.29, 0.717) is 0 Å². The molecule has 0 bridgehead atoms. The predicted octanol–water partition coefficient (Wildman–Crippen LogP) is 3.45. The van der Waals surface area contributed by atoms with Gasteiger partial charge < -0.3 is 4.74 Å². The van der Waals surface area contributed by atoms with Gasteiger partial charge in [-0.1, -0.05) is 0 Å². The third-order valence-corrected chi connectivity index (χ3v) is 1.23. The van der Waals surface area contributed by atoms with Crippen molar-refractivity contribution in [2.24, 2.45) is 0 Å². The van der Waals surface area contributed by atoms with Crippen LogP contribution in [0, 0.1) is 0 Å². The summed E-state index contributed by atoms with van der Waals surface area (Å²) >= 11 is 0. The van der Waals surface area contributed by atoms with Crippen molar-refractivity contribution in [3.8, 4) is 0 Å². The SMILES string of the molecule is FCC(OC(F)(F)CC(F)(F)F)C(F)(F)F. The predicted molar refractivity (Wildman–Crippen MR) is 32.5 cm³/mol. The third kappa shape index (κ3) is 6.03. The number of rotatable bonds is 4. The molecule has 0 aromatic carbocycles. The van der Waals surface area contributed by atoms with Crippen molar-refractivity contribution >= 4 is 0 Å². The van der Waals surface area contributed by atoms with Gasteiger partial charge in [-0.05, 0) is 0 Å². The van der Waals surface area contributed by atoms with E-state index in [1.807, 2.05) is 0 Å². The van der Waals surface area contributed by atoms with E-state index >= 15 is 0 Å². The van der Waals surface area contributed by atoms with E-state index in [2.05, 4.69) is 4.74 Å². The molecule has 0 heterocycles. The standard InChI is InChI=1S/C6H5F9O/c7-1-3(6(13,14)15)16-5(11,12)2-4(8,9)10/h3H,1-2H2. The topological polar surface area (TPSA) is 9.23 Å². The highest BCUT2D eigenvalue weighted by Gasteiger charge is 2.51. The van der Waals surface area contributed by atoms with Crippen molar-refractivity contribution in [2.75, 3.05) is 6.67 Å². The third-order valence-electron chi connectivity index (χ3n) is 1.23. The van der Waals surface area contributed by atoms with E-state index in [-0.39, 0.29) is 0 Å². The highest BCUT2D eigenvalue weighted by atomic mass is 19.4. The second-order valence-corrected chi connectivity index (χ2v) is 2.73. The molecular formula is C6H5F9O. The minimum atomic E-state index is -5.50. The molecule has 1 unspecified atom stereocenters. The molecule has 1 nitrogen and oxygen atoms in total. The van der Waals surface area contributed by atoms with E-state index in [1.165, 1.54) is 0 Å². The molecule has 0 aliphatic carbocycles. The summed E-state index contributed by atoms with van der Waals surface area (Å²) in [7, 11) is 0. The summed E-state index contributed by atoms with van der Waals surface area (Å²) in [6, 6.07) is 0. The molecule has 0 fully saturated rings. The van der Waals surface area contributed by atoms with Gasteiger partial charge in [0.05, 0.1) is 0 Å². The van der Waals surface area contributed by atoms with E-state index in [0.717, 1.165) is 0 Å².